The van der Waals surface area contributed by atoms with Gasteiger partial charge in [-0.05, 0) is 42.5 Å². The van der Waals surface area contributed by atoms with Crippen LogP contribution in [0, 0.1) is 5.92 Å². The van der Waals surface area contributed by atoms with Crippen LogP contribution in [0.5, 0.6) is 0 Å². The Morgan fingerprint density at radius 3 is 2.78 bits per heavy atom. The summed E-state index contributed by atoms with van der Waals surface area (Å²) in [4.78, 5) is 5.96. The molecule has 0 amide bonds. The van der Waals surface area contributed by atoms with E-state index in [1.165, 1.54) is 42.1 Å². The van der Waals surface area contributed by atoms with E-state index in [0.29, 0.717) is 0 Å². The van der Waals surface area contributed by atoms with Crippen molar-refractivity contribution in [2.24, 2.45) is 5.92 Å². The van der Waals surface area contributed by atoms with E-state index in [2.05, 4.69) is 49.0 Å². The van der Waals surface area contributed by atoms with Gasteiger partial charge in [-0.15, -0.1) is 0 Å². The smallest absolute Gasteiger partial charge is 0.0413 e. The largest absolute Gasteiger partial charge is 0.361 e. The maximum atomic E-state index is 3.40. The number of rotatable bonds is 6. The number of nitrogens with zero attached hydrogens (tertiary/aromatic N) is 1. The maximum absolute atomic E-state index is 3.40. The van der Waals surface area contributed by atoms with Gasteiger partial charge in [0.15, 0.2) is 0 Å². The topological polar surface area (TPSA) is 19.0 Å². The third kappa shape index (κ3) is 3.26. The molecule has 18 heavy (non-hydrogen) atoms. The van der Waals surface area contributed by atoms with E-state index in [4.69, 9.17) is 0 Å². The average Bonchev–Trinajstić information content (AvgIpc) is 2.77. The molecule has 1 aromatic rings. The van der Waals surface area contributed by atoms with E-state index >= 15 is 0 Å². The summed E-state index contributed by atoms with van der Waals surface area (Å²) in [6.45, 7) is 10.4. The number of aromatic nitrogens is 1. The normalized spacial score (nSPS) is 14.5. The molecular weight excluding hydrogens is 220 g/mol. The quantitative estimate of drug-likeness (QED) is 0.812. The summed E-state index contributed by atoms with van der Waals surface area (Å²) in [5.41, 5.74) is 1.49. The molecular formula is C16H26N2. The number of fused-ring (bicyclic) bond motifs is 1. The first-order valence-electron chi connectivity index (χ1n) is 7.29. The Balaban J connectivity index is 2.00. The SMILES string of the molecule is CCN(CCc1c[nH]c2c1=CCCC=2)CC(C)C. The second-order valence-corrected chi connectivity index (χ2v) is 5.66. The van der Waals surface area contributed by atoms with Gasteiger partial charge in [0.2, 0.25) is 0 Å². The predicted molar refractivity (Wildman–Crippen MR) is 78.9 cm³/mol. The fourth-order valence-corrected chi connectivity index (χ4v) is 2.74. The molecule has 2 heteroatoms. The van der Waals surface area contributed by atoms with Crippen LogP contribution in [0.4, 0.5) is 0 Å². The van der Waals surface area contributed by atoms with Gasteiger partial charge in [0, 0.05) is 24.6 Å². The van der Waals surface area contributed by atoms with Gasteiger partial charge in [-0.1, -0.05) is 32.9 Å². The molecule has 2 rings (SSSR count). The minimum Gasteiger partial charge on any atom is -0.361 e. The van der Waals surface area contributed by atoms with Gasteiger partial charge in [-0.2, -0.15) is 0 Å². The predicted octanol–water partition coefficient (Wildman–Crippen LogP) is 1.89. The van der Waals surface area contributed by atoms with Crippen molar-refractivity contribution in [3.8, 4) is 0 Å². The van der Waals surface area contributed by atoms with Crippen LogP contribution in [0.3, 0.4) is 0 Å². The van der Waals surface area contributed by atoms with Gasteiger partial charge >= 0.3 is 0 Å². The lowest BCUT2D eigenvalue weighted by molar-refractivity contribution is 0.259. The van der Waals surface area contributed by atoms with Gasteiger partial charge in [0.05, 0.1) is 0 Å². The Kier molecular flexibility index (Phi) is 4.65. The van der Waals surface area contributed by atoms with E-state index in [1.54, 1.807) is 0 Å². The fraction of sp³-hybridized carbons (Fsp3) is 0.625. The molecule has 100 valence electrons. The maximum Gasteiger partial charge on any atom is 0.0413 e. The molecule has 0 atom stereocenters. The van der Waals surface area contributed by atoms with Crippen LogP contribution in [0.1, 0.15) is 39.2 Å². The lowest BCUT2D eigenvalue weighted by Gasteiger charge is -2.22. The number of nitrogens with one attached hydrogen (secondary N) is 1. The second-order valence-electron chi connectivity index (χ2n) is 5.66. The highest BCUT2D eigenvalue weighted by Crippen LogP contribution is 2.02. The number of likely N-dealkylation sites (N-methyl/N-ethyl adjacent to an activating group) is 1. The Labute approximate surface area is 110 Å². The molecule has 1 aromatic heterocycles. The van der Waals surface area contributed by atoms with Crippen LogP contribution >= 0.6 is 0 Å². The highest BCUT2D eigenvalue weighted by molar-refractivity contribution is 5.39. The number of hydrogen-bond donors (Lipinski definition) is 1. The van der Waals surface area contributed by atoms with Gasteiger partial charge in [-0.3, -0.25) is 0 Å². The van der Waals surface area contributed by atoms with Gasteiger partial charge in [0.25, 0.3) is 0 Å². The Morgan fingerprint density at radius 1 is 1.28 bits per heavy atom. The lowest BCUT2D eigenvalue weighted by atomic mass is 10.1. The Hall–Kier alpha value is -1.02. The van der Waals surface area contributed by atoms with Crippen LogP contribution in [0.15, 0.2) is 6.20 Å². The Bertz CT molecular complexity index is 482. The highest BCUT2D eigenvalue weighted by atomic mass is 15.1. The van der Waals surface area contributed by atoms with Crippen LogP contribution < -0.4 is 10.6 Å². The summed E-state index contributed by atoms with van der Waals surface area (Å²) >= 11 is 0. The zero-order valence-corrected chi connectivity index (χ0v) is 12.0. The van der Waals surface area contributed by atoms with E-state index in [9.17, 15) is 0 Å². The fourth-order valence-electron chi connectivity index (χ4n) is 2.74. The van der Waals surface area contributed by atoms with Crippen molar-refractivity contribution in [2.75, 3.05) is 19.6 Å². The molecule has 0 saturated heterocycles. The summed E-state index contributed by atoms with van der Waals surface area (Å²) in [6, 6.07) is 0. The van der Waals surface area contributed by atoms with Crippen LogP contribution in [0.2, 0.25) is 0 Å². The number of hydrogen-bond acceptors (Lipinski definition) is 1. The minimum absolute atomic E-state index is 0.755. The molecule has 2 nitrogen and oxygen atoms in total. The summed E-state index contributed by atoms with van der Waals surface area (Å²) < 4.78 is 0. The third-order valence-electron chi connectivity index (χ3n) is 3.67. The van der Waals surface area contributed by atoms with E-state index in [0.717, 1.165) is 18.9 Å². The molecule has 0 aliphatic heterocycles. The third-order valence-corrected chi connectivity index (χ3v) is 3.67. The summed E-state index contributed by atoms with van der Waals surface area (Å²) in [5.74, 6) is 0.755. The van der Waals surface area contributed by atoms with E-state index in [-0.39, 0.29) is 0 Å². The number of H-pyrrole nitrogens is 1. The summed E-state index contributed by atoms with van der Waals surface area (Å²) in [5, 5.41) is 2.80. The van der Waals surface area contributed by atoms with Gasteiger partial charge in [-0.25, -0.2) is 0 Å². The molecule has 0 bridgehead atoms. The monoisotopic (exact) mass is 246 g/mol. The van der Waals surface area contributed by atoms with E-state index in [1.807, 2.05) is 0 Å². The first kappa shape index (κ1) is 13.4. The van der Waals surface area contributed by atoms with Crippen molar-refractivity contribution in [3.05, 3.63) is 22.3 Å². The van der Waals surface area contributed by atoms with Crippen molar-refractivity contribution in [1.29, 1.82) is 0 Å². The zero-order chi connectivity index (χ0) is 13.0. The van der Waals surface area contributed by atoms with Crippen molar-refractivity contribution in [1.82, 2.24) is 9.88 Å². The lowest BCUT2D eigenvalue weighted by Crippen LogP contribution is -2.32. The molecule has 0 spiro atoms. The first-order chi connectivity index (χ1) is 8.70. The zero-order valence-electron chi connectivity index (χ0n) is 12.0. The van der Waals surface area contributed by atoms with Crippen LogP contribution in [0.25, 0.3) is 12.2 Å². The molecule has 0 radical (unpaired) electrons. The molecule has 0 saturated carbocycles. The average molecular weight is 246 g/mol. The van der Waals surface area contributed by atoms with Gasteiger partial charge < -0.3 is 9.88 Å². The molecule has 0 unspecified atom stereocenters. The molecule has 1 N–H and O–H groups in total. The molecule has 1 heterocycles. The summed E-state index contributed by atoms with van der Waals surface area (Å²) in [7, 11) is 0. The second kappa shape index (κ2) is 6.24. The molecule has 0 fully saturated rings. The molecule has 1 aliphatic rings. The standard InChI is InChI=1S/C16H26N2/c1-4-18(12-13(2)3)10-9-14-11-17-16-8-6-5-7-15(14)16/h7-8,11,13,17H,4-6,9-10,12H2,1-3H3. The Morgan fingerprint density at radius 2 is 2.06 bits per heavy atom. The van der Waals surface area contributed by atoms with E-state index < -0.39 is 0 Å². The molecule has 1 aliphatic carbocycles. The van der Waals surface area contributed by atoms with Crippen molar-refractivity contribution in [2.45, 2.75) is 40.0 Å². The van der Waals surface area contributed by atoms with Crippen LogP contribution in [-0.2, 0) is 6.42 Å². The molecule has 0 aromatic carbocycles. The van der Waals surface area contributed by atoms with Crippen molar-refractivity contribution < 1.29 is 0 Å². The minimum atomic E-state index is 0.755. The first-order valence-corrected chi connectivity index (χ1v) is 7.29. The van der Waals surface area contributed by atoms with Crippen molar-refractivity contribution >= 4 is 12.2 Å². The van der Waals surface area contributed by atoms with Gasteiger partial charge in [0.1, 0.15) is 0 Å². The van der Waals surface area contributed by atoms with Crippen molar-refractivity contribution in [3.63, 3.8) is 0 Å². The summed E-state index contributed by atoms with van der Waals surface area (Å²) in [6.07, 6.45) is 10.5. The highest BCUT2D eigenvalue weighted by Gasteiger charge is 2.07. The number of aromatic amines is 1. The van der Waals surface area contributed by atoms with Crippen LogP contribution in [-0.4, -0.2) is 29.5 Å².